The molecular formula is C24H15FN2O2. The number of amides is 1. The number of anilines is 1. The number of rotatable bonds is 3. The molecule has 4 nitrogen and oxygen atoms in total. The molecule has 1 aromatic heterocycles. The first-order valence-electron chi connectivity index (χ1n) is 9.13. The van der Waals surface area contributed by atoms with Crippen LogP contribution in [0.1, 0.15) is 10.4 Å². The number of nitrogens with zero attached hydrogens (tertiary/aromatic N) is 1. The first-order chi connectivity index (χ1) is 14.2. The maximum Gasteiger partial charge on any atom is 0.256 e. The quantitative estimate of drug-likeness (QED) is 0.414. The lowest BCUT2D eigenvalue weighted by Crippen LogP contribution is -2.12. The molecule has 0 aliphatic carbocycles. The third kappa shape index (κ3) is 3.23. The molecule has 29 heavy (non-hydrogen) atoms. The Kier molecular flexibility index (Phi) is 4.06. The molecule has 140 valence electrons. The zero-order valence-corrected chi connectivity index (χ0v) is 15.2. The van der Waals surface area contributed by atoms with Crippen LogP contribution in [0.15, 0.2) is 89.3 Å². The molecule has 0 saturated carbocycles. The number of carbonyl (C=O) groups is 1. The fraction of sp³-hybridized carbons (Fsp3) is 0. The van der Waals surface area contributed by atoms with Crippen molar-refractivity contribution in [1.82, 2.24) is 4.98 Å². The second-order valence-electron chi connectivity index (χ2n) is 6.69. The van der Waals surface area contributed by atoms with Gasteiger partial charge < -0.3 is 9.73 Å². The Morgan fingerprint density at radius 3 is 2.62 bits per heavy atom. The van der Waals surface area contributed by atoms with Gasteiger partial charge in [-0.2, -0.15) is 0 Å². The number of nitrogens with one attached hydrogen (secondary N) is 1. The summed E-state index contributed by atoms with van der Waals surface area (Å²) in [6.07, 6.45) is 0. The van der Waals surface area contributed by atoms with Crippen LogP contribution in [-0.4, -0.2) is 10.9 Å². The number of fused-ring (bicyclic) bond motifs is 2. The van der Waals surface area contributed by atoms with E-state index < -0.39 is 0 Å². The largest absolute Gasteiger partial charge is 0.436 e. The Labute approximate surface area is 165 Å². The van der Waals surface area contributed by atoms with Gasteiger partial charge in [-0.05, 0) is 53.2 Å². The van der Waals surface area contributed by atoms with Crippen molar-refractivity contribution < 1.29 is 13.6 Å². The van der Waals surface area contributed by atoms with Crippen molar-refractivity contribution in [2.24, 2.45) is 0 Å². The van der Waals surface area contributed by atoms with Crippen LogP contribution >= 0.6 is 0 Å². The van der Waals surface area contributed by atoms with E-state index in [1.54, 1.807) is 36.4 Å². The van der Waals surface area contributed by atoms with E-state index in [4.69, 9.17) is 4.42 Å². The molecule has 5 aromatic rings. The third-order valence-corrected chi connectivity index (χ3v) is 4.75. The number of hydrogen-bond acceptors (Lipinski definition) is 3. The molecule has 0 aliphatic rings. The Hall–Kier alpha value is -3.99. The lowest BCUT2D eigenvalue weighted by Gasteiger charge is -2.08. The van der Waals surface area contributed by atoms with Crippen molar-refractivity contribution in [3.05, 3.63) is 96.3 Å². The summed E-state index contributed by atoms with van der Waals surface area (Å²) in [6, 6.07) is 24.7. The fourth-order valence-electron chi connectivity index (χ4n) is 3.37. The van der Waals surface area contributed by atoms with E-state index in [1.807, 2.05) is 36.4 Å². The summed E-state index contributed by atoms with van der Waals surface area (Å²) < 4.78 is 19.2. The summed E-state index contributed by atoms with van der Waals surface area (Å²) in [5, 5.41) is 4.82. The standard InChI is InChI=1S/C24H15FN2O2/c25-17-8-3-7-16(13-17)24-27-21-14-18(11-12-22(21)29-24)26-23(28)20-10-4-6-15-5-1-2-9-19(15)20/h1-14H,(H,26,28). The van der Waals surface area contributed by atoms with E-state index in [0.717, 1.165) is 10.8 Å². The lowest BCUT2D eigenvalue weighted by molar-refractivity contribution is 0.102. The molecular weight excluding hydrogens is 367 g/mol. The van der Waals surface area contributed by atoms with Crippen molar-refractivity contribution in [3.8, 4) is 11.5 Å². The van der Waals surface area contributed by atoms with Gasteiger partial charge in [-0.25, -0.2) is 9.37 Å². The molecule has 0 saturated heterocycles. The predicted molar refractivity (Wildman–Crippen MR) is 111 cm³/mol. The van der Waals surface area contributed by atoms with Gasteiger partial charge in [0.2, 0.25) is 5.89 Å². The average molecular weight is 382 g/mol. The Balaban J connectivity index is 1.47. The van der Waals surface area contributed by atoms with Gasteiger partial charge in [0.15, 0.2) is 5.58 Å². The maximum absolute atomic E-state index is 13.5. The summed E-state index contributed by atoms with van der Waals surface area (Å²) >= 11 is 0. The van der Waals surface area contributed by atoms with Crippen molar-refractivity contribution in [3.63, 3.8) is 0 Å². The molecule has 0 atom stereocenters. The van der Waals surface area contributed by atoms with Crippen LogP contribution in [-0.2, 0) is 0 Å². The van der Waals surface area contributed by atoms with Gasteiger partial charge in [0.25, 0.3) is 5.91 Å². The van der Waals surface area contributed by atoms with E-state index in [0.29, 0.717) is 33.8 Å². The topological polar surface area (TPSA) is 55.1 Å². The van der Waals surface area contributed by atoms with E-state index in [9.17, 15) is 9.18 Å². The monoisotopic (exact) mass is 382 g/mol. The van der Waals surface area contributed by atoms with Crippen LogP contribution in [0.5, 0.6) is 0 Å². The van der Waals surface area contributed by atoms with Gasteiger partial charge in [-0.3, -0.25) is 4.79 Å². The fourth-order valence-corrected chi connectivity index (χ4v) is 3.37. The highest BCUT2D eigenvalue weighted by molar-refractivity contribution is 6.13. The van der Waals surface area contributed by atoms with E-state index in [-0.39, 0.29) is 11.7 Å². The van der Waals surface area contributed by atoms with Crippen molar-refractivity contribution >= 4 is 33.5 Å². The minimum absolute atomic E-state index is 0.199. The number of hydrogen-bond donors (Lipinski definition) is 1. The molecule has 1 N–H and O–H groups in total. The van der Waals surface area contributed by atoms with Crippen LogP contribution < -0.4 is 5.32 Å². The van der Waals surface area contributed by atoms with Gasteiger partial charge in [-0.15, -0.1) is 0 Å². The summed E-state index contributed by atoms with van der Waals surface area (Å²) in [6.45, 7) is 0. The van der Waals surface area contributed by atoms with Crippen LogP contribution in [0.4, 0.5) is 10.1 Å². The minimum Gasteiger partial charge on any atom is -0.436 e. The lowest BCUT2D eigenvalue weighted by atomic mass is 10.0. The van der Waals surface area contributed by atoms with Gasteiger partial charge in [0.05, 0.1) is 0 Å². The first-order valence-corrected chi connectivity index (χ1v) is 9.13. The molecule has 5 heteroatoms. The summed E-state index contributed by atoms with van der Waals surface area (Å²) in [7, 11) is 0. The molecule has 0 spiro atoms. The zero-order chi connectivity index (χ0) is 19.8. The first kappa shape index (κ1) is 17.1. The van der Waals surface area contributed by atoms with Crippen molar-refractivity contribution in [1.29, 1.82) is 0 Å². The number of aromatic nitrogens is 1. The Bertz CT molecular complexity index is 1370. The van der Waals surface area contributed by atoms with E-state index >= 15 is 0 Å². The summed E-state index contributed by atoms with van der Waals surface area (Å²) in [5.41, 5.74) is 2.91. The van der Waals surface area contributed by atoms with Gasteiger partial charge in [0, 0.05) is 16.8 Å². The average Bonchev–Trinajstić information content (AvgIpc) is 3.17. The number of oxazole rings is 1. The minimum atomic E-state index is -0.354. The maximum atomic E-state index is 13.5. The molecule has 1 heterocycles. The normalized spacial score (nSPS) is 11.1. The number of halogens is 1. The molecule has 0 radical (unpaired) electrons. The highest BCUT2D eigenvalue weighted by atomic mass is 19.1. The SMILES string of the molecule is O=C(Nc1ccc2oc(-c3cccc(F)c3)nc2c1)c1cccc2ccccc12. The van der Waals surface area contributed by atoms with E-state index in [1.165, 1.54) is 12.1 Å². The van der Waals surface area contributed by atoms with Gasteiger partial charge >= 0.3 is 0 Å². The van der Waals surface area contributed by atoms with Crippen LogP contribution in [0.3, 0.4) is 0 Å². The zero-order valence-electron chi connectivity index (χ0n) is 15.2. The van der Waals surface area contributed by atoms with Gasteiger partial charge in [0.1, 0.15) is 11.3 Å². The van der Waals surface area contributed by atoms with E-state index in [2.05, 4.69) is 10.3 Å². The molecule has 0 unspecified atom stereocenters. The Morgan fingerprint density at radius 2 is 1.72 bits per heavy atom. The smallest absolute Gasteiger partial charge is 0.256 e. The molecule has 0 fully saturated rings. The van der Waals surface area contributed by atoms with Crippen LogP contribution in [0.25, 0.3) is 33.3 Å². The van der Waals surface area contributed by atoms with Crippen molar-refractivity contribution in [2.75, 3.05) is 5.32 Å². The number of carbonyl (C=O) groups excluding carboxylic acids is 1. The molecule has 5 rings (SSSR count). The molecule has 0 bridgehead atoms. The second-order valence-corrected chi connectivity index (χ2v) is 6.69. The van der Waals surface area contributed by atoms with Gasteiger partial charge in [-0.1, -0.05) is 42.5 Å². The predicted octanol–water partition coefficient (Wildman–Crippen LogP) is 6.04. The summed E-state index contributed by atoms with van der Waals surface area (Å²) in [5.74, 6) is -0.222. The number of benzene rings is 4. The molecule has 1 amide bonds. The second kappa shape index (κ2) is 6.87. The molecule has 0 aliphatic heterocycles. The highest BCUT2D eigenvalue weighted by Crippen LogP contribution is 2.27. The summed E-state index contributed by atoms with van der Waals surface area (Å²) in [4.78, 5) is 17.3. The highest BCUT2D eigenvalue weighted by Gasteiger charge is 2.13. The van der Waals surface area contributed by atoms with Crippen LogP contribution in [0, 0.1) is 5.82 Å². The Morgan fingerprint density at radius 1 is 0.897 bits per heavy atom. The third-order valence-electron chi connectivity index (χ3n) is 4.75. The van der Waals surface area contributed by atoms with Crippen molar-refractivity contribution in [2.45, 2.75) is 0 Å². The molecule has 4 aromatic carbocycles. The van der Waals surface area contributed by atoms with Crippen LogP contribution in [0.2, 0.25) is 0 Å².